The second-order valence-electron chi connectivity index (χ2n) is 6.26. The van der Waals surface area contributed by atoms with E-state index in [1.807, 2.05) is 31.2 Å². The molecule has 0 heterocycles. The zero-order chi connectivity index (χ0) is 15.4. The predicted octanol–water partition coefficient (Wildman–Crippen LogP) is 4.38. The number of benzene rings is 1. The molecule has 2 atom stereocenters. The number of carbonyl (C=O) groups excluding carboxylic acids is 1. The number of amides is 1. The van der Waals surface area contributed by atoms with E-state index >= 15 is 0 Å². The summed E-state index contributed by atoms with van der Waals surface area (Å²) < 4.78 is -0.0642. The number of aryl methyl sites for hydroxylation is 1. The van der Waals surface area contributed by atoms with Crippen molar-refractivity contribution >= 4 is 18.5 Å². The summed E-state index contributed by atoms with van der Waals surface area (Å²) in [5.74, 6) is -0.00501. The van der Waals surface area contributed by atoms with Gasteiger partial charge in [-0.3, -0.25) is 4.79 Å². The van der Waals surface area contributed by atoms with Gasteiger partial charge in [-0.05, 0) is 45.2 Å². The number of thiol groups is 1. The second kappa shape index (κ2) is 6.66. The van der Waals surface area contributed by atoms with Crippen LogP contribution < -0.4 is 5.32 Å². The highest BCUT2D eigenvalue weighted by Gasteiger charge is 2.32. The lowest BCUT2D eigenvalue weighted by Gasteiger charge is -2.36. The summed E-state index contributed by atoms with van der Waals surface area (Å²) in [4.78, 5) is 12.4. The van der Waals surface area contributed by atoms with Crippen LogP contribution in [0.5, 0.6) is 0 Å². The summed E-state index contributed by atoms with van der Waals surface area (Å²) in [6, 6.07) is 7.68. The summed E-state index contributed by atoms with van der Waals surface area (Å²) in [5, 5.41) is 3.18. The van der Waals surface area contributed by atoms with Gasteiger partial charge in [-0.15, -0.1) is 0 Å². The van der Waals surface area contributed by atoms with E-state index in [2.05, 4.69) is 33.0 Å². The Morgan fingerprint density at radius 3 is 2.15 bits per heavy atom. The third-order valence-corrected chi connectivity index (χ3v) is 4.52. The summed E-state index contributed by atoms with van der Waals surface area (Å²) in [6.07, 6.45) is 2.72. The lowest BCUT2D eigenvalue weighted by atomic mass is 9.85. The Balaban J connectivity index is 2.81. The molecule has 1 amide bonds. The van der Waals surface area contributed by atoms with E-state index in [-0.39, 0.29) is 16.2 Å². The Bertz CT molecular complexity index is 453. The Morgan fingerprint density at radius 1 is 1.15 bits per heavy atom. The van der Waals surface area contributed by atoms with E-state index in [1.165, 1.54) is 0 Å². The van der Waals surface area contributed by atoms with Gasteiger partial charge in [0.2, 0.25) is 0 Å². The molecule has 3 heteroatoms. The SMILES string of the molecule is CCC(C)(S)CC(C)(CC)NC(=O)c1ccc(C)cc1. The third kappa shape index (κ3) is 4.86. The topological polar surface area (TPSA) is 29.1 Å². The number of hydrogen-bond donors (Lipinski definition) is 2. The first-order chi connectivity index (χ1) is 9.21. The molecule has 0 bridgehead atoms. The highest BCUT2D eigenvalue weighted by Crippen LogP contribution is 2.31. The van der Waals surface area contributed by atoms with Crippen LogP contribution in [0.25, 0.3) is 0 Å². The summed E-state index contributed by atoms with van der Waals surface area (Å²) >= 11 is 4.71. The molecule has 1 N–H and O–H groups in total. The van der Waals surface area contributed by atoms with Crippen LogP contribution in [0.2, 0.25) is 0 Å². The average molecular weight is 293 g/mol. The molecule has 0 spiro atoms. The number of nitrogens with one attached hydrogen (secondary N) is 1. The summed E-state index contributed by atoms with van der Waals surface area (Å²) in [6.45, 7) is 10.5. The van der Waals surface area contributed by atoms with Gasteiger partial charge in [-0.25, -0.2) is 0 Å². The Kier molecular flexibility index (Phi) is 5.69. The Labute approximate surface area is 128 Å². The van der Waals surface area contributed by atoms with Crippen LogP contribution in [-0.4, -0.2) is 16.2 Å². The zero-order valence-corrected chi connectivity index (χ0v) is 14.2. The van der Waals surface area contributed by atoms with Crippen molar-refractivity contribution in [3.8, 4) is 0 Å². The number of hydrogen-bond acceptors (Lipinski definition) is 2. The van der Waals surface area contributed by atoms with Crippen molar-refractivity contribution in [2.45, 2.75) is 64.2 Å². The van der Waals surface area contributed by atoms with Crippen LogP contribution in [0.4, 0.5) is 0 Å². The first-order valence-electron chi connectivity index (χ1n) is 7.33. The van der Waals surface area contributed by atoms with Gasteiger partial charge < -0.3 is 5.32 Å². The van der Waals surface area contributed by atoms with E-state index in [4.69, 9.17) is 12.6 Å². The van der Waals surface area contributed by atoms with Crippen LogP contribution in [0, 0.1) is 6.92 Å². The van der Waals surface area contributed by atoms with Crippen LogP contribution in [0.15, 0.2) is 24.3 Å². The van der Waals surface area contributed by atoms with Crippen molar-refractivity contribution in [1.82, 2.24) is 5.32 Å². The monoisotopic (exact) mass is 293 g/mol. The highest BCUT2D eigenvalue weighted by atomic mass is 32.1. The maximum atomic E-state index is 12.4. The van der Waals surface area contributed by atoms with Gasteiger partial charge in [-0.1, -0.05) is 38.5 Å². The normalized spacial score (nSPS) is 17.1. The number of rotatable bonds is 6. The third-order valence-electron chi connectivity index (χ3n) is 4.04. The molecule has 0 aliphatic heterocycles. The lowest BCUT2D eigenvalue weighted by molar-refractivity contribution is 0.0893. The minimum absolute atomic E-state index is 0.00501. The van der Waals surface area contributed by atoms with Crippen molar-refractivity contribution in [1.29, 1.82) is 0 Å². The molecular formula is C17H27NOS. The molecular weight excluding hydrogens is 266 g/mol. The maximum absolute atomic E-state index is 12.4. The quantitative estimate of drug-likeness (QED) is 0.749. The molecule has 0 aromatic heterocycles. The Morgan fingerprint density at radius 2 is 1.70 bits per heavy atom. The molecule has 0 aliphatic rings. The molecule has 0 radical (unpaired) electrons. The fourth-order valence-corrected chi connectivity index (χ4v) is 2.62. The van der Waals surface area contributed by atoms with Crippen LogP contribution >= 0.6 is 12.6 Å². The van der Waals surface area contributed by atoms with Gasteiger partial charge in [0, 0.05) is 15.8 Å². The van der Waals surface area contributed by atoms with Gasteiger partial charge in [-0.2, -0.15) is 12.6 Å². The largest absolute Gasteiger partial charge is 0.347 e. The van der Waals surface area contributed by atoms with Gasteiger partial charge in [0.05, 0.1) is 0 Å². The highest BCUT2D eigenvalue weighted by molar-refractivity contribution is 7.81. The molecule has 0 aliphatic carbocycles. The van der Waals surface area contributed by atoms with Crippen molar-refractivity contribution < 1.29 is 4.79 Å². The van der Waals surface area contributed by atoms with E-state index in [1.54, 1.807) is 0 Å². The molecule has 0 saturated heterocycles. The van der Waals surface area contributed by atoms with E-state index in [0.717, 1.165) is 24.8 Å². The average Bonchev–Trinajstić information content (AvgIpc) is 2.38. The van der Waals surface area contributed by atoms with Crippen molar-refractivity contribution in [3.05, 3.63) is 35.4 Å². The zero-order valence-electron chi connectivity index (χ0n) is 13.3. The van der Waals surface area contributed by atoms with E-state index in [0.29, 0.717) is 5.56 Å². The molecule has 0 saturated carbocycles. The minimum Gasteiger partial charge on any atom is -0.347 e. The lowest BCUT2D eigenvalue weighted by Crippen LogP contribution is -2.49. The molecule has 20 heavy (non-hydrogen) atoms. The molecule has 1 aromatic rings. The molecule has 1 aromatic carbocycles. The predicted molar refractivity (Wildman–Crippen MR) is 89.6 cm³/mol. The van der Waals surface area contributed by atoms with E-state index < -0.39 is 0 Å². The standard InChI is InChI=1S/C17H27NOS/c1-6-16(4,12-17(5,20)7-2)18-15(19)14-10-8-13(3)9-11-14/h8-11,20H,6-7,12H2,1-5H3,(H,18,19). The van der Waals surface area contributed by atoms with Gasteiger partial charge in [0.1, 0.15) is 0 Å². The van der Waals surface area contributed by atoms with Gasteiger partial charge >= 0.3 is 0 Å². The first-order valence-corrected chi connectivity index (χ1v) is 7.77. The van der Waals surface area contributed by atoms with Crippen LogP contribution in [0.1, 0.15) is 62.9 Å². The smallest absolute Gasteiger partial charge is 0.251 e. The van der Waals surface area contributed by atoms with Crippen molar-refractivity contribution in [3.63, 3.8) is 0 Å². The van der Waals surface area contributed by atoms with E-state index in [9.17, 15) is 4.79 Å². The van der Waals surface area contributed by atoms with Crippen LogP contribution in [0.3, 0.4) is 0 Å². The van der Waals surface area contributed by atoms with Crippen LogP contribution in [-0.2, 0) is 0 Å². The van der Waals surface area contributed by atoms with Gasteiger partial charge in [0.25, 0.3) is 5.91 Å². The molecule has 0 fully saturated rings. The minimum atomic E-state index is -0.228. The summed E-state index contributed by atoms with van der Waals surface area (Å²) in [7, 11) is 0. The fourth-order valence-electron chi connectivity index (χ4n) is 2.27. The molecule has 2 nitrogen and oxygen atoms in total. The molecule has 112 valence electrons. The fraction of sp³-hybridized carbons (Fsp3) is 0.588. The molecule has 1 rings (SSSR count). The second-order valence-corrected chi connectivity index (χ2v) is 7.34. The van der Waals surface area contributed by atoms with Crippen molar-refractivity contribution in [2.75, 3.05) is 0 Å². The molecule has 2 unspecified atom stereocenters. The van der Waals surface area contributed by atoms with Crippen molar-refractivity contribution in [2.24, 2.45) is 0 Å². The maximum Gasteiger partial charge on any atom is 0.251 e. The first kappa shape index (κ1) is 17.1. The number of carbonyl (C=O) groups is 1. The Hall–Kier alpha value is -0.960. The summed E-state index contributed by atoms with van der Waals surface area (Å²) in [5.41, 5.74) is 1.65. The van der Waals surface area contributed by atoms with Gasteiger partial charge in [0.15, 0.2) is 0 Å².